The van der Waals surface area contributed by atoms with E-state index in [2.05, 4.69) is 13.2 Å². The number of rotatable bonds is 24. The molecule has 0 atom stereocenters. The number of hydrogen-bond acceptors (Lipinski definition) is 11. The third-order valence-electron chi connectivity index (χ3n) is 9.73. The van der Waals surface area contributed by atoms with E-state index in [1.165, 1.54) is 0 Å². The Balaban J connectivity index is 1.00. The van der Waals surface area contributed by atoms with Crippen molar-refractivity contribution in [2.45, 2.75) is 64.2 Å². The summed E-state index contributed by atoms with van der Waals surface area (Å²) < 4.78 is 32.6. The van der Waals surface area contributed by atoms with E-state index in [9.17, 15) is 24.0 Å². The van der Waals surface area contributed by atoms with E-state index < -0.39 is 23.9 Å². The highest BCUT2D eigenvalue weighted by molar-refractivity contribution is 6.15. The number of ether oxygens (including phenoxy) is 6. The summed E-state index contributed by atoms with van der Waals surface area (Å²) in [5.74, 6) is 0.254. The number of esters is 4. The van der Waals surface area contributed by atoms with Crippen LogP contribution in [0.15, 0.2) is 134 Å². The summed E-state index contributed by atoms with van der Waals surface area (Å²) in [6.45, 7) is 8.59. The van der Waals surface area contributed by atoms with Gasteiger partial charge in [-0.1, -0.05) is 37.4 Å². The molecule has 0 saturated heterocycles. The zero-order chi connectivity index (χ0) is 43.9. The molecule has 5 rings (SSSR count). The lowest BCUT2D eigenvalue weighted by atomic mass is 10.1. The lowest BCUT2D eigenvalue weighted by molar-refractivity contribution is -0.138. The van der Waals surface area contributed by atoms with Crippen LogP contribution in [0, 0.1) is 0 Å². The highest BCUT2D eigenvalue weighted by Crippen LogP contribution is 2.30. The van der Waals surface area contributed by atoms with Crippen LogP contribution in [0.3, 0.4) is 0 Å². The first-order valence-corrected chi connectivity index (χ1v) is 20.8. The molecule has 62 heavy (non-hydrogen) atoms. The van der Waals surface area contributed by atoms with Crippen LogP contribution in [0.2, 0.25) is 0 Å². The average molecular weight is 841 g/mol. The van der Waals surface area contributed by atoms with E-state index in [4.69, 9.17) is 28.4 Å². The molecular formula is C51H52O11. The SMILES string of the molecule is C=CC(=O)OCCCCCCOc1ccc(C(=O)Oc2ccc(/C=C3\CC/C(=C\c4ccc(OC(=O)c5ccc(OCCCCCCOC(=O)C=C)cc5)cc4)C3=O)cc2)cc1. The molecule has 1 aliphatic carbocycles. The molecule has 0 amide bonds. The molecule has 0 radical (unpaired) electrons. The van der Waals surface area contributed by atoms with Crippen LogP contribution in [0.25, 0.3) is 12.2 Å². The number of hydrogen-bond donors (Lipinski definition) is 0. The van der Waals surface area contributed by atoms with Crippen molar-refractivity contribution >= 4 is 41.8 Å². The number of unbranched alkanes of at least 4 members (excludes halogenated alkanes) is 6. The molecule has 0 heterocycles. The molecule has 1 saturated carbocycles. The van der Waals surface area contributed by atoms with E-state index in [0.717, 1.165) is 74.6 Å². The van der Waals surface area contributed by atoms with Gasteiger partial charge in [0.1, 0.15) is 23.0 Å². The lowest BCUT2D eigenvalue weighted by Gasteiger charge is -2.08. The summed E-state index contributed by atoms with van der Waals surface area (Å²) in [4.78, 5) is 60.9. The Hall–Kier alpha value is -7.01. The molecular weight excluding hydrogens is 789 g/mol. The summed E-state index contributed by atoms with van der Waals surface area (Å²) in [6.07, 6.45) is 14.3. The molecule has 0 aromatic heterocycles. The number of Topliss-reactive ketones (excluding diaryl/α,β-unsaturated/α-hetero) is 1. The van der Waals surface area contributed by atoms with Gasteiger partial charge >= 0.3 is 23.9 Å². The summed E-state index contributed by atoms with van der Waals surface area (Å²) >= 11 is 0. The first-order chi connectivity index (χ1) is 30.2. The van der Waals surface area contributed by atoms with Crippen molar-refractivity contribution in [3.63, 3.8) is 0 Å². The van der Waals surface area contributed by atoms with E-state index >= 15 is 0 Å². The molecule has 0 aliphatic heterocycles. The Morgan fingerprint density at radius 2 is 0.790 bits per heavy atom. The van der Waals surface area contributed by atoms with Gasteiger partial charge in [0.2, 0.25) is 0 Å². The van der Waals surface area contributed by atoms with Gasteiger partial charge in [0, 0.05) is 23.3 Å². The van der Waals surface area contributed by atoms with Crippen LogP contribution in [-0.2, 0) is 23.9 Å². The van der Waals surface area contributed by atoms with Crippen LogP contribution < -0.4 is 18.9 Å². The Bertz CT molecular complexity index is 2040. The van der Waals surface area contributed by atoms with Crippen LogP contribution in [0.5, 0.6) is 23.0 Å². The highest BCUT2D eigenvalue weighted by atomic mass is 16.5. The van der Waals surface area contributed by atoms with Gasteiger partial charge in [0.05, 0.1) is 37.6 Å². The van der Waals surface area contributed by atoms with Gasteiger partial charge in [-0.05, 0) is 160 Å². The van der Waals surface area contributed by atoms with Crippen LogP contribution in [-0.4, -0.2) is 56.1 Å². The fraction of sp³-hybridized carbons (Fsp3) is 0.275. The summed E-state index contributed by atoms with van der Waals surface area (Å²) in [5.41, 5.74) is 3.79. The standard InChI is InChI=1S/C51H52O11/c1-3-47(52)59-33-11-7-5-9-31-57-43-27-19-39(20-28-43)50(55)61-45-23-13-37(14-24-45)35-41-17-18-42(49(41)54)36-38-15-25-46(26-16-38)62-51(56)40-21-29-44(30-22-40)58-32-10-6-8-12-34-60-48(53)4-2/h3-4,13-16,19-30,35-36H,1-2,5-12,17-18,31-34H2/b41-35+,42-36+. The van der Waals surface area contributed by atoms with Gasteiger partial charge in [-0.25, -0.2) is 19.2 Å². The molecule has 11 nitrogen and oxygen atoms in total. The van der Waals surface area contributed by atoms with Crippen molar-refractivity contribution in [2.24, 2.45) is 0 Å². The van der Waals surface area contributed by atoms with Crippen molar-refractivity contribution in [3.05, 3.63) is 156 Å². The fourth-order valence-corrected chi connectivity index (χ4v) is 6.31. The minimum Gasteiger partial charge on any atom is -0.494 e. The van der Waals surface area contributed by atoms with Crippen LogP contribution in [0.1, 0.15) is 96.1 Å². The maximum absolute atomic E-state index is 13.3. The Morgan fingerprint density at radius 3 is 1.15 bits per heavy atom. The molecule has 4 aromatic carbocycles. The van der Waals surface area contributed by atoms with Gasteiger partial charge in [-0.2, -0.15) is 0 Å². The Kier molecular flexibility index (Phi) is 18.5. The first kappa shape index (κ1) is 46.1. The van der Waals surface area contributed by atoms with E-state index in [-0.39, 0.29) is 5.78 Å². The maximum Gasteiger partial charge on any atom is 0.343 e. The van der Waals surface area contributed by atoms with Gasteiger partial charge in [0.25, 0.3) is 0 Å². The molecule has 11 heteroatoms. The van der Waals surface area contributed by atoms with E-state index in [1.807, 2.05) is 12.2 Å². The van der Waals surface area contributed by atoms with Gasteiger partial charge in [-0.3, -0.25) is 4.79 Å². The van der Waals surface area contributed by atoms with Gasteiger partial charge in [-0.15, -0.1) is 0 Å². The second-order valence-electron chi connectivity index (χ2n) is 14.4. The molecule has 322 valence electrons. The Morgan fingerprint density at radius 1 is 0.452 bits per heavy atom. The Labute approximate surface area is 362 Å². The number of carbonyl (C=O) groups excluding carboxylic acids is 5. The predicted molar refractivity (Wildman–Crippen MR) is 236 cm³/mol. The van der Waals surface area contributed by atoms with Crippen molar-refractivity contribution in [2.75, 3.05) is 26.4 Å². The number of benzene rings is 4. The number of allylic oxidation sites excluding steroid dienone is 2. The third kappa shape index (κ3) is 15.5. The minimum absolute atomic E-state index is 0.0247. The van der Waals surface area contributed by atoms with Crippen molar-refractivity contribution in [1.82, 2.24) is 0 Å². The zero-order valence-corrected chi connectivity index (χ0v) is 34.9. The van der Waals surface area contributed by atoms with Crippen molar-refractivity contribution in [1.29, 1.82) is 0 Å². The number of carbonyl (C=O) groups is 5. The zero-order valence-electron chi connectivity index (χ0n) is 34.9. The summed E-state index contributed by atoms with van der Waals surface area (Å²) in [7, 11) is 0. The molecule has 1 aliphatic rings. The minimum atomic E-state index is -0.494. The third-order valence-corrected chi connectivity index (χ3v) is 9.73. The van der Waals surface area contributed by atoms with Crippen molar-refractivity contribution in [3.8, 4) is 23.0 Å². The predicted octanol–water partition coefficient (Wildman–Crippen LogP) is 10.3. The second-order valence-corrected chi connectivity index (χ2v) is 14.4. The smallest absolute Gasteiger partial charge is 0.343 e. The molecule has 0 unspecified atom stereocenters. The maximum atomic E-state index is 13.3. The normalized spacial score (nSPS) is 13.3. The second kappa shape index (κ2) is 24.9. The van der Waals surface area contributed by atoms with Crippen LogP contribution in [0.4, 0.5) is 0 Å². The lowest BCUT2D eigenvalue weighted by Crippen LogP contribution is -2.08. The first-order valence-electron chi connectivity index (χ1n) is 20.8. The molecule has 0 bridgehead atoms. The molecule has 0 spiro atoms. The molecule has 1 fully saturated rings. The van der Waals surface area contributed by atoms with Gasteiger partial charge < -0.3 is 28.4 Å². The van der Waals surface area contributed by atoms with E-state index in [1.54, 1.807) is 97.1 Å². The quantitative estimate of drug-likeness (QED) is 0.0288. The summed E-state index contributed by atoms with van der Waals surface area (Å²) in [5, 5.41) is 0. The van der Waals surface area contributed by atoms with Crippen LogP contribution >= 0.6 is 0 Å². The average Bonchev–Trinajstić information content (AvgIpc) is 3.63. The van der Waals surface area contributed by atoms with E-state index in [0.29, 0.717) is 84.5 Å². The number of ketones is 1. The summed E-state index contributed by atoms with van der Waals surface area (Å²) in [6, 6.07) is 27.6. The topological polar surface area (TPSA) is 141 Å². The largest absolute Gasteiger partial charge is 0.494 e. The highest BCUT2D eigenvalue weighted by Gasteiger charge is 2.23. The van der Waals surface area contributed by atoms with Gasteiger partial charge in [0.15, 0.2) is 5.78 Å². The monoisotopic (exact) mass is 840 g/mol. The van der Waals surface area contributed by atoms with Crippen molar-refractivity contribution < 1.29 is 52.4 Å². The molecule has 4 aromatic rings. The fourth-order valence-electron chi connectivity index (χ4n) is 6.31. The molecule has 0 N–H and O–H groups in total.